The third-order valence-electron chi connectivity index (χ3n) is 12.0. The lowest BCUT2D eigenvalue weighted by Crippen LogP contribution is -2.61. The van der Waals surface area contributed by atoms with Crippen LogP contribution in [0.1, 0.15) is 174 Å². The number of ether oxygens (including phenoxy) is 6. The van der Waals surface area contributed by atoms with Crippen LogP contribution < -0.4 is 0 Å². The fraction of sp³-hybridized carbons (Fsp3) is 0.827. The Bertz CT molecular complexity index is 1280. The Morgan fingerprint density at radius 2 is 0.970 bits per heavy atom. The van der Waals surface area contributed by atoms with Crippen LogP contribution in [0.15, 0.2) is 48.6 Å². The van der Waals surface area contributed by atoms with E-state index in [0.717, 1.165) is 83.5 Å². The summed E-state index contributed by atoms with van der Waals surface area (Å²) < 4.78 is 34.2. The average Bonchev–Trinajstić information content (AvgIpc) is 3.31. The Labute approximate surface area is 397 Å². The van der Waals surface area contributed by atoms with Crippen LogP contribution in [0.25, 0.3) is 0 Å². The lowest BCUT2D eigenvalue weighted by molar-refractivity contribution is -0.332. The van der Waals surface area contributed by atoms with Gasteiger partial charge in [0.05, 0.1) is 26.4 Å². The summed E-state index contributed by atoms with van der Waals surface area (Å²) in [6.07, 6.45) is 29.0. The van der Waals surface area contributed by atoms with Crippen LogP contribution in [0.4, 0.5) is 0 Å². The van der Waals surface area contributed by atoms with E-state index in [1.165, 1.54) is 64.2 Å². The standard InChI is InChI=1S/C52H92O14/c1-3-5-7-9-11-13-15-16-17-18-19-20-21-22-23-24-25-26-28-30-32-34-36-61-38-41(64-44(54)35-33-31-29-27-14-12-10-8-6-4-2)39-62-51-50(60)48(58)46(56)43(66-51)40-63-52-49(59)47(57)45(55)42(37-53)65-52/h8,10,15-16,18-19,21-22,41-43,45-53,55-60H,3-7,9,11-14,17,20,23-40H2,1-2H3/b10-8-,16-15-,19-18-,22-21-. The van der Waals surface area contributed by atoms with Crippen molar-refractivity contribution in [3.63, 3.8) is 0 Å². The first-order chi connectivity index (χ1) is 32.1. The van der Waals surface area contributed by atoms with Crippen molar-refractivity contribution in [1.29, 1.82) is 0 Å². The molecule has 11 atom stereocenters. The number of carbonyl (C=O) groups is 1. The highest BCUT2D eigenvalue weighted by atomic mass is 16.7. The summed E-state index contributed by atoms with van der Waals surface area (Å²) in [4.78, 5) is 12.9. The number of aliphatic hydroxyl groups is 7. The smallest absolute Gasteiger partial charge is 0.306 e. The molecule has 0 aliphatic carbocycles. The molecule has 2 aliphatic heterocycles. The molecule has 0 aromatic rings. The number of unbranched alkanes of at least 4 members (excludes halogenated alkanes) is 18. The molecule has 2 aliphatic rings. The minimum absolute atomic E-state index is 0.0501. The van der Waals surface area contributed by atoms with Crippen molar-refractivity contribution < 1.29 is 69.0 Å². The molecule has 0 aromatic carbocycles. The van der Waals surface area contributed by atoms with Gasteiger partial charge in [-0.3, -0.25) is 4.79 Å². The van der Waals surface area contributed by atoms with Crippen molar-refractivity contribution in [1.82, 2.24) is 0 Å². The summed E-state index contributed by atoms with van der Waals surface area (Å²) in [5.74, 6) is -0.393. The molecule has 0 bridgehead atoms. The molecule has 384 valence electrons. The molecule has 2 heterocycles. The van der Waals surface area contributed by atoms with E-state index in [4.69, 9.17) is 28.4 Å². The van der Waals surface area contributed by atoms with Gasteiger partial charge in [0.1, 0.15) is 54.9 Å². The Morgan fingerprint density at radius 1 is 0.500 bits per heavy atom. The maximum absolute atomic E-state index is 12.9. The lowest BCUT2D eigenvalue weighted by Gasteiger charge is -2.42. The van der Waals surface area contributed by atoms with E-state index in [-0.39, 0.29) is 19.6 Å². The summed E-state index contributed by atoms with van der Waals surface area (Å²) in [6.45, 7) is 3.56. The Morgan fingerprint density at radius 3 is 1.55 bits per heavy atom. The van der Waals surface area contributed by atoms with Gasteiger partial charge >= 0.3 is 5.97 Å². The number of carbonyl (C=O) groups excluding carboxylic acids is 1. The quantitative estimate of drug-likeness (QED) is 0.0179. The van der Waals surface area contributed by atoms with E-state index in [2.05, 4.69) is 62.5 Å². The maximum Gasteiger partial charge on any atom is 0.306 e. The van der Waals surface area contributed by atoms with Crippen LogP contribution in [0.5, 0.6) is 0 Å². The third-order valence-corrected chi connectivity index (χ3v) is 12.0. The van der Waals surface area contributed by atoms with Crippen molar-refractivity contribution in [2.24, 2.45) is 0 Å². The van der Waals surface area contributed by atoms with Crippen LogP contribution in [-0.4, -0.2) is 142 Å². The van der Waals surface area contributed by atoms with Crippen molar-refractivity contribution in [2.75, 3.05) is 33.0 Å². The van der Waals surface area contributed by atoms with Gasteiger partial charge in [0.15, 0.2) is 12.6 Å². The van der Waals surface area contributed by atoms with E-state index in [9.17, 15) is 40.5 Å². The SMILES string of the molecule is CCC/C=C\CCCCCCCC(=O)OC(COCCCCCCCCC/C=C\C/C=C\C/C=C\CCCCCCC)COC1OC(COC2OC(CO)C(O)C(O)C2O)C(O)C(O)C1O. The number of rotatable bonds is 40. The molecule has 0 spiro atoms. The molecule has 7 N–H and O–H groups in total. The van der Waals surface area contributed by atoms with Gasteiger partial charge in [-0.15, -0.1) is 0 Å². The molecule has 14 nitrogen and oxygen atoms in total. The largest absolute Gasteiger partial charge is 0.457 e. The zero-order valence-corrected chi connectivity index (χ0v) is 40.7. The van der Waals surface area contributed by atoms with Gasteiger partial charge in [-0.2, -0.15) is 0 Å². The number of hydrogen-bond acceptors (Lipinski definition) is 14. The normalized spacial score (nSPS) is 26.7. The molecule has 2 fully saturated rings. The van der Waals surface area contributed by atoms with Crippen LogP contribution >= 0.6 is 0 Å². The first kappa shape index (κ1) is 60.1. The predicted molar refractivity (Wildman–Crippen MR) is 256 cm³/mol. The molecule has 0 saturated carbocycles. The minimum atomic E-state index is -1.71. The Kier molecular flexibility index (Phi) is 36.2. The van der Waals surface area contributed by atoms with Gasteiger partial charge in [0, 0.05) is 13.0 Å². The van der Waals surface area contributed by atoms with Crippen molar-refractivity contribution in [2.45, 2.75) is 242 Å². The lowest BCUT2D eigenvalue weighted by atomic mass is 9.98. The summed E-state index contributed by atoms with van der Waals surface area (Å²) in [7, 11) is 0. The minimum Gasteiger partial charge on any atom is -0.457 e. The van der Waals surface area contributed by atoms with Crippen LogP contribution in [-0.2, 0) is 33.2 Å². The highest BCUT2D eigenvalue weighted by Crippen LogP contribution is 2.26. The second-order valence-electron chi connectivity index (χ2n) is 18.0. The highest BCUT2D eigenvalue weighted by Gasteiger charge is 2.47. The van der Waals surface area contributed by atoms with Gasteiger partial charge in [0.2, 0.25) is 0 Å². The average molecular weight is 941 g/mol. The highest BCUT2D eigenvalue weighted by molar-refractivity contribution is 5.69. The fourth-order valence-corrected chi connectivity index (χ4v) is 7.82. The first-order valence-corrected chi connectivity index (χ1v) is 25.7. The van der Waals surface area contributed by atoms with Gasteiger partial charge in [-0.05, 0) is 70.6 Å². The van der Waals surface area contributed by atoms with Crippen molar-refractivity contribution >= 4 is 5.97 Å². The van der Waals surface area contributed by atoms with Crippen LogP contribution in [0.2, 0.25) is 0 Å². The van der Waals surface area contributed by atoms with Crippen LogP contribution in [0.3, 0.4) is 0 Å². The first-order valence-electron chi connectivity index (χ1n) is 25.7. The molecule has 11 unspecified atom stereocenters. The molecule has 0 amide bonds. The number of aliphatic hydroxyl groups excluding tert-OH is 7. The van der Waals surface area contributed by atoms with Crippen molar-refractivity contribution in [3.05, 3.63) is 48.6 Å². The second kappa shape index (κ2) is 39.8. The second-order valence-corrected chi connectivity index (χ2v) is 18.0. The zero-order valence-electron chi connectivity index (χ0n) is 40.7. The van der Waals surface area contributed by atoms with Gasteiger partial charge < -0.3 is 64.2 Å². The molecule has 2 rings (SSSR count). The molecular formula is C52H92O14. The Balaban J connectivity index is 1.73. The van der Waals surface area contributed by atoms with E-state index < -0.39 is 86.7 Å². The predicted octanol–water partition coefficient (Wildman–Crippen LogP) is 7.57. The van der Waals surface area contributed by atoms with Gasteiger partial charge in [-0.25, -0.2) is 0 Å². The third kappa shape index (κ3) is 27.2. The van der Waals surface area contributed by atoms with E-state index in [1.54, 1.807) is 0 Å². The van der Waals surface area contributed by atoms with E-state index in [0.29, 0.717) is 13.0 Å². The summed E-state index contributed by atoms with van der Waals surface area (Å²) in [6, 6.07) is 0. The van der Waals surface area contributed by atoms with Gasteiger partial charge in [0.25, 0.3) is 0 Å². The van der Waals surface area contributed by atoms with E-state index in [1.807, 2.05) is 0 Å². The molecule has 0 aromatic heterocycles. The number of esters is 1. The molecule has 14 heteroatoms. The van der Waals surface area contributed by atoms with Gasteiger partial charge in [-0.1, -0.05) is 146 Å². The fourth-order valence-electron chi connectivity index (χ4n) is 7.82. The number of allylic oxidation sites excluding steroid dienone is 8. The molecule has 2 saturated heterocycles. The Hall–Kier alpha value is -2.05. The van der Waals surface area contributed by atoms with Crippen molar-refractivity contribution in [3.8, 4) is 0 Å². The maximum atomic E-state index is 12.9. The monoisotopic (exact) mass is 941 g/mol. The molecular weight excluding hydrogens is 849 g/mol. The topological polar surface area (TPSA) is 214 Å². The summed E-state index contributed by atoms with van der Waals surface area (Å²) in [5, 5.41) is 72.0. The molecule has 66 heavy (non-hydrogen) atoms. The summed E-state index contributed by atoms with van der Waals surface area (Å²) >= 11 is 0. The zero-order chi connectivity index (χ0) is 48.0. The van der Waals surface area contributed by atoms with E-state index >= 15 is 0 Å². The summed E-state index contributed by atoms with van der Waals surface area (Å²) in [5.41, 5.74) is 0. The van der Waals surface area contributed by atoms with Crippen LogP contribution in [0, 0.1) is 0 Å². The molecule has 0 radical (unpaired) electrons. The number of hydrogen-bond donors (Lipinski definition) is 7.